The number of rotatable bonds is 2. The number of alkyl halides is 3. The highest BCUT2D eigenvalue weighted by Gasteiger charge is 2.41. The summed E-state index contributed by atoms with van der Waals surface area (Å²) in [6.07, 6.45) is -0.743. The van der Waals surface area contributed by atoms with E-state index in [4.69, 9.17) is 0 Å². The highest BCUT2D eigenvalue weighted by atomic mass is 19.4. The van der Waals surface area contributed by atoms with Gasteiger partial charge in [-0.15, -0.1) is 0 Å². The molecule has 0 radical (unpaired) electrons. The number of benzene rings is 1. The predicted octanol–water partition coefficient (Wildman–Crippen LogP) is 4.10. The summed E-state index contributed by atoms with van der Waals surface area (Å²) >= 11 is 0. The van der Waals surface area contributed by atoms with Gasteiger partial charge in [-0.1, -0.05) is 0 Å². The van der Waals surface area contributed by atoms with Crippen LogP contribution >= 0.6 is 0 Å². The molecule has 2 aromatic rings. The maximum Gasteiger partial charge on any atom is 0.391 e. The number of aromatic nitrogens is 2. The molecular formula is C14H16F3N3. The molecule has 108 valence electrons. The van der Waals surface area contributed by atoms with Crippen LogP contribution in [-0.4, -0.2) is 22.4 Å². The van der Waals surface area contributed by atoms with Crippen molar-refractivity contribution in [1.82, 2.24) is 10.2 Å². The molecule has 0 unspecified atom stereocenters. The molecular weight excluding hydrogens is 267 g/mol. The Hall–Kier alpha value is -1.72. The van der Waals surface area contributed by atoms with E-state index in [1.165, 1.54) is 0 Å². The quantitative estimate of drug-likeness (QED) is 0.871. The second-order valence-electron chi connectivity index (χ2n) is 5.41. The Morgan fingerprint density at radius 3 is 2.60 bits per heavy atom. The lowest BCUT2D eigenvalue weighted by atomic mass is 9.85. The van der Waals surface area contributed by atoms with Gasteiger partial charge >= 0.3 is 6.18 Å². The minimum atomic E-state index is -4.04. The molecule has 1 aromatic carbocycles. The zero-order valence-electron chi connectivity index (χ0n) is 10.9. The number of fused-ring (bicyclic) bond motifs is 1. The van der Waals surface area contributed by atoms with Gasteiger partial charge in [-0.25, -0.2) is 0 Å². The van der Waals surface area contributed by atoms with Crippen LogP contribution in [0.4, 0.5) is 18.9 Å². The van der Waals surface area contributed by atoms with Gasteiger partial charge in [-0.3, -0.25) is 5.10 Å². The highest BCUT2D eigenvalue weighted by molar-refractivity contribution is 5.81. The number of nitrogens with zero attached hydrogens (tertiary/aromatic N) is 1. The molecule has 1 aliphatic carbocycles. The average Bonchev–Trinajstić information content (AvgIpc) is 2.86. The Kier molecular flexibility index (Phi) is 3.31. The third-order valence-corrected chi connectivity index (χ3v) is 4.00. The zero-order chi connectivity index (χ0) is 14.2. The minimum Gasteiger partial charge on any atom is -0.382 e. The Morgan fingerprint density at radius 1 is 1.15 bits per heavy atom. The first-order chi connectivity index (χ1) is 9.52. The SMILES string of the molecule is FC(F)(F)C1CCC(Nc2ccc3[nH]ncc3c2)CC1. The van der Waals surface area contributed by atoms with E-state index in [0.717, 1.165) is 16.6 Å². The molecule has 20 heavy (non-hydrogen) atoms. The monoisotopic (exact) mass is 283 g/mol. The van der Waals surface area contributed by atoms with Gasteiger partial charge in [0.25, 0.3) is 0 Å². The molecule has 3 nitrogen and oxygen atoms in total. The van der Waals surface area contributed by atoms with Crippen LogP contribution in [0.15, 0.2) is 24.4 Å². The number of anilines is 1. The van der Waals surface area contributed by atoms with E-state index in [0.29, 0.717) is 12.8 Å². The van der Waals surface area contributed by atoms with Crippen LogP contribution in [0.2, 0.25) is 0 Å². The summed E-state index contributed by atoms with van der Waals surface area (Å²) in [5.74, 6) is -1.13. The van der Waals surface area contributed by atoms with Crippen molar-refractivity contribution < 1.29 is 13.2 Å². The first-order valence-corrected chi connectivity index (χ1v) is 6.79. The van der Waals surface area contributed by atoms with Gasteiger partial charge in [0.1, 0.15) is 0 Å². The third kappa shape index (κ3) is 2.73. The van der Waals surface area contributed by atoms with Crippen molar-refractivity contribution in [2.45, 2.75) is 37.9 Å². The van der Waals surface area contributed by atoms with Crippen molar-refractivity contribution in [3.63, 3.8) is 0 Å². The maximum absolute atomic E-state index is 12.6. The summed E-state index contributed by atoms with van der Waals surface area (Å²) in [5.41, 5.74) is 1.89. The van der Waals surface area contributed by atoms with Crippen molar-refractivity contribution in [1.29, 1.82) is 0 Å². The van der Waals surface area contributed by atoms with Crippen molar-refractivity contribution in [3.8, 4) is 0 Å². The van der Waals surface area contributed by atoms with Crippen LogP contribution in [0.3, 0.4) is 0 Å². The fraction of sp³-hybridized carbons (Fsp3) is 0.500. The minimum absolute atomic E-state index is 0.123. The van der Waals surface area contributed by atoms with Crippen LogP contribution < -0.4 is 5.32 Å². The lowest BCUT2D eigenvalue weighted by Crippen LogP contribution is -2.32. The number of H-pyrrole nitrogens is 1. The van der Waals surface area contributed by atoms with Gasteiger partial charge in [-0.2, -0.15) is 18.3 Å². The van der Waals surface area contributed by atoms with E-state index in [9.17, 15) is 13.2 Å². The van der Waals surface area contributed by atoms with E-state index in [2.05, 4.69) is 15.5 Å². The normalized spacial score (nSPS) is 23.9. The maximum atomic E-state index is 12.6. The molecule has 0 spiro atoms. The van der Waals surface area contributed by atoms with E-state index in [1.54, 1.807) is 6.20 Å². The van der Waals surface area contributed by atoms with E-state index in [-0.39, 0.29) is 18.9 Å². The summed E-state index contributed by atoms with van der Waals surface area (Å²) in [7, 11) is 0. The molecule has 3 rings (SSSR count). The molecule has 1 fully saturated rings. The van der Waals surface area contributed by atoms with Crippen molar-refractivity contribution in [2.24, 2.45) is 5.92 Å². The molecule has 2 N–H and O–H groups in total. The van der Waals surface area contributed by atoms with Crippen LogP contribution in [0.1, 0.15) is 25.7 Å². The Labute approximate surface area is 114 Å². The molecule has 0 saturated heterocycles. The molecule has 0 atom stereocenters. The molecule has 0 bridgehead atoms. The highest BCUT2D eigenvalue weighted by Crippen LogP contribution is 2.38. The van der Waals surface area contributed by atoms with Gasteiger partial charge in [0.05, 0.1) is 17.6 Å². The predicted molar refractivity (Wildman–Crippen MR) is 71.5 cm³/mol. The van der Waals surface area contributed by atoms with Gasteiger partial charge < -0.3 is 5.32 Å². The van der Waals surface area contributed by atoms with Crippen molar-refractivity contribution in [2.75, 3.05) is 5.32 Å². The van der Waals surface area contributed by atoms with E-state index in [1.807, 2.05) is 18.2 Å². The standard InChI is InChI=1S/C14H16F3N3/c15-14(16,17)10-1-3-11(4-2-10)19-12-5-6-13-9(7-12)8-18-20-13/h5-8,10-11,19H,1-4H2,(H,18,20). The van der Waals surface area contributed by atoms with Gasteiger partial charge in [0.15, 0.2) is 0 Å². The second kappa shape index (κ2) is 5.00. The molecule has 1 aliphatic rings. The van der Waals surface area contributed by atoms with Crippen molar-refractivity contribution >= 4 is 16.6 Å². The smallest absolute Gasteiger partial charge is 0.382 e. The van der Waals surface area contributed by atoms with E-state index >= 15 is 0 Å². The first kappa shape index (κ1) is 13.3. The first-order valence-electron chi connectivity index (χ1n) is 6.79. The molecule has 1 heterocycles. The Morgan fingerprint density at radius 2 is 1.90 bits per heavy atom. The summed E-state index contributed by atoms with van der Waals surface area (Å²) in [6, 6.07) is 5.94. The van der Waals surface area contributed by atoms with Crippen LogP contribution in [0, 0.1) is 5.92 Å². The lowest BCUT2D eigenvalue weighted by molar-refractivity contribution is -0.182. The van der Waals surface area contributed by atoms with Gasteiger partial charge in [-0.05, 0) is 43.9 Å². The molecule has 0 amide bonds. The summed E-state index contributed by atoms with van der Waals surface area (Å²) in [5, 5.41) is 11.1. The molecule has 1 aromatic heterocycles. The Balaban J connectivity index is 1.62. The number of aromatic amines is 1. The summed E-state index contributed by atoms with van der Waals surface area (Å²) < 4.78 is 37.8. The van der Waals surface area contributed by atoms with E-state index < -0.39 is 12.1 Å². The fourth-order valence-electron chi connectivity index (χ4n) is 2.83. The van der Waals surface area contributed by atoms with Gasteiger partial charge in [0.2, 0.25) is 0 Å². The zero-order valence-corrected chi connectivity index (χ0v) is 10.9. The largest absolute Gasteiger partial charge is 0.391 e. The fourth-order valence-corrected chi connectivity index (χ4v) is 2.83. The Bertz CT molecular complexity index is 583. The number of nitrogens with one attached hydrogen (secondary N) is 2. The third-order valence-electron chi connectivity index (χ3n) is 4.00. The number of hydrogen-bond donors (Lipinski definition) is 2. The van der Waals surface area contributed by atoms with Crippen LogP contribution in [-0.2, 0) is 0 Å². The molecule has 6 heteroatoms. The molecule has 0 aliphatic heterocycles. The topological polar surface area (TPSA) is 40.7 Å². The number of halogens is 3. The van der Waals surface area contributed by atoms with Crippen LogP contribution in [0.5, 0.6) is 0 Å². The molecule has 1 saturated carbocycles. The lowest BCUT2D eigenvalue weighted by Gasteiger charge is -2.30. The summed E-state index contributed by atoms with van der Waals surface area (Å²) in [4.78, 5) is 0. The van der Waals surface area contributed by atoms with Crippen LogP contribution in [0.25, 0.3) is 10.9 Å². The number of hydrogen-bond acceptors (Lipinski definition) is 2. The van der Waals surface area contributed by atoms with Gasteiger partial charge in [0, 0.05) is 17.1 Å². The average molecular weight is 283 g/mol. The van der Waals surface area contributed by atoms with Crippen molar-refractivity contribution in [3.05, 3.63) is 24.4 Å². The second-order valence-corrected chi connectivity index (χ2v) is 5.41. The summed E-state index contributed by atoms with van der Waals surface area (Å²) in [6.45, 7) is 0.